The van der Waals surface area contributed by atoms with Gasteiger partial charge in [-0.1, -0.05) is 0 Å². The fraction of sp³-hybridized carbons (Fsp3) is 0.583. The van der Waals surface area contributed by atoms with Crippen molar-refractivity contribution < 1.29 is 5.11 Å². The molecule has 0 aliphatic rings. The van der Waals surface area contributed by atoms with E-state index < -0.39 is 5.60 Å². The molecule has 0 radical (unpaired) electrons. The van der Waals surface area contributed by atoms with Gasteiger partial charge in [0, 0.05) is 20.3 Å². The maximum atomic E-state index is 9.88. The lowest BCUT2D eigenvalue weighted by atomic mass is 10.0. The minimum absolute atomic E-state index is 0.0459. The molecule has 4 heteroatoms. The second kappa shape index (κ2) is 4.70. The van der Waals surface area contributed by atoms with Crippen molar-refractivity contribution in [3.05, 3.63) is 18.5 Å². The first-order valence-electron chi connectivity index (χ1n) is 5.42. The Morgan fingerprint density at radius 2 is 2.06 bits per heavy atom. The summed E-state index contributed by atoms with van der Waals surface area (Å²) < 4.78 is 0. The lowest BCUT2D eigenvalue weighted by Gasteiger charge is -2.29. The summed E-state index contributed by atoms with van der Waals surface area (Å²) in [5, 5.41) is 13.2. The third-order valence-corrected chi connectivity index (χ3v) is 2.71. The summed E-state index contributed by atoms with van der Waals surface area (Å²) in [5.74, 6) is 0. The average molecular weight is 223 g/mol. The molecule has 0 amide bonds. The van der Waals surface area contributed by atoms with E-state index in [-0.39, 0.29) is 6.04 Å². The van der Waals surface area contributed by atoms with Crippen molar-refractivity contribution >= 4 is 11.4 Å². The highest BCUT2D eigenvalue weighted by atomic mass is 16.3. The van der Waals surface area contributed by atoms with E-state index in [0.717, 1.165) is 11.4 Å². The van der Waals surface area contributed by atoms with Gasteiger partial charge in [0.15, 0.2) is 0 Å². The molecule has 1 atom stereocenters. The Morgan fingerprint density at radius 1 is 1.44 bits per heavy atom. The maximum absolute atomic E-state index is 9.88. The molecule has 0 spiro atoms. The maximum Gasteiger partial charge on any atom is 0.0789 e. The van der Waals surface area contributed by atoms with Gasteiger partial charge in [0.2, 0.25) is 0 Å². The van der Waals surface area contributed by atoms with Gasteiger partial charge in [-0.25, -0.2) is 0 Å². The van der Waals surface area contributed by atoms with E-state index in [9.17, 15) is 5.11 Å². The number of hydrogen-bond acceptors (Lipinski definition) is 4. The van der Waals surface area contributed by atoms with Crippen LogP contribution in [0.15, 0.2) is 18.5 Å². The van der Waals surface area contributed by atoms with E-state index in [2.05, 4.69) is 10.3 Å². The van der Waals surface area contributed by atoms with Crippen molar-refractivity contribution in [3.63, 3.8) is 0 Å². The molecule has 0 saturated heterocycles. The third kappa shape index (κ3) is 3.10. The molecule has 0 aliphatic carbocycles. The molecular formula is C12H21N3O. The lowest BCUT2D eigenvalue weighted by Crippen LogP contribution is -2.39. The third-order valence-electron chi connectivity index (χ3n) is 2.71. The number of aromatic nitrogens is 1. The summed E-state index contributed by atoms with van der Waals surface area (Å²) in [6.45, 7) is 5.53. The molecule has 1 rings (SSSR count). The van der Waals surface area contributed by atoms with Gasteiger partial charge in [-0.2, -0.15) is 0 Å². The Balaban J connectivity index is 2.89. The number of hydrogen-bond donors (Lipinski definition) is 2. The van der Waals surface area contributed by atoms with Crippen LogP contribution in [0.25, 0.3) is 0 Å². The number of nitrogens with one attached hydrogen (secondary N) is 1. The Hall–Kier alpha value is -1.29. The molecule has 0 aliphatic heterocycles. The molecule has 1 aromatic rings. The smallest absolute Gasteiger partial charge is 0.0789 e. The molecule has 0 bridgehead atoms. The van der Waals surface area contributed by atoms with Crippen LogP contribution in [0.5, 0.6) is 0 Å². The normalized spacial score (nSPS) is 13.4. The molecule has 16 heavy (non-hydrogen) atoms. The second-order valence-electron chi connectivity index (χ2n) is 4.81. The molecular weight excluding hydrogens is 202 g/mol. The molecule has 4 nitrogen and oxygen atoms in total. The summed E-state index contributed by atoms with van der Waals surface area (Å²) in [6, 6.07) is 1.90. The van der Waals surface area contributed by atoms with E-state index in [1.54, 1.807) is 26.2 Å². The quantitative estimate of drug-likeness (QED) is 0.816. The van der Waals surface area contributed by atoms with Crippen LogP contribution in [0.2, 0.25) is 0 Å². The minimum atomic E-state index is -0.764. The highest BCUT2D eigenvalue weighted by Crippen LogP contribution is 2.24. The zero-order valence-electron chi connectivity index (χ0n) is 10.7. The first-order chi connectivity index (χ1) is 7.32. The van der Waals surface area contributed by atoms with Crippen molar-refractivity contribution in [2.45, 2.75) is 32.4 Å². The van der Waals surface area contributed by atoms with Crippen LogP contribution in [-0.2, 0) is 0 Å². The highest BCUT2D eigenvalue weighted by molar-refractivity contribution is 5.68. The summed E-state index contributed by atoms with van der Waals surface area (Å²) in [7, 11) is 3.96. The Kier molecular flexibility index (Phi) is 3.75. The van der Waals surface area contributed by atoms with Gasteiger partial charge in [-0.05, 0) is 26.8 Å². The van der Waals surface area contributed by atoms with Gasteiger partial charge in [0.1, 0.15) is 0 Å². The van der Waals surface area contributed by atoms with Gasteiger partial charge in [-0.15, -0.1) is 0 Å². The summed E-state index contributed by atoms with van der Waals surface area (Å²) in [6.07, 6.45) is 3.53. The Morgan fingerprint density at radius 3 is 2.56 bits per heavy atom. The predicted octanol–water partition coefficient (Wildman–Crippen LogP) is 1.72. The van der Waals surface area contributed by atoms with Crippen molar-refractivity contribution in [3.8, 4) is 0 Å². The molecule has 0 aromatic carbocycles. The Bertz CT molecular complexity index is 344. The van der Waals surface area contributed by atoms with Gasteiger partial charge < -0.3 is 15.3 Å². The van der Waals surface area contributed by atoms with Crippen LogP contribution in [0.3, 0.4) is 0 Å². The minimum Gasteiger partial charge on any atom is -0.388 e. The number of nitrogens with zero attached hydrogens (tertiary/aromatic N) is 2. The van der Waals surface area contributed by atoms with Crippen molar-refractivity contribution in [1.29, 1.82) is 0 Å². The van der Waals surface area contributed by atoms with Gasteiger partial charge in [-0.3, -0.25) is 4.98 Å². The standard InChI is InChI=1S/C12H21N3O/c1-9(12(2,3)16)14-10-8-13-7-6-11(10)15(4)5/h6-9,14,16H,1-5H3. The highest BCUT2D eigenvalue weighted by Gasteiger charge is 2.22. The average Bonchev–Trinajstić information content (AvgIpc) is 2.16. The topological polar surface area (TPSA) is 48.4 Å². The van der Waals surface area contributed by atoms with Gasteiger partial charge in [0.05, 0.1) is 29.2 Å². The molecule has 1 unspecified atom stereocenters. The predicted molar refractivity (Wildman–Crippen MR) is 67.9 cm³/mol. The van der Waals surface area contributed by atoms with Crippen LogP contribution in [-0.4, -0.2) is 35.8 Å². The van der Waals surface area contributed by atoms with E-state index in [1.165, 1.54) is 0 Å². The zero-order chi connectivity index (χ0) is 12.3. The SMILES string of the molecule is CC(Nc1cnccc1N(C)C)C(C)(C)O. The van der Waals surface area contributed by atoms with Crippen LogP contribution in [0.4, 0.5) is 11.4 Å². The van der Waals surface area contributed by atoms with Gasteiger partial charge in [0.25, 0.3) is 0 Å². The van der Waals surface area contributed by atoms with Crippen LogP contribution in [0.1, 0.15) is 20.8 Å². The van der Waals surface area contributed by atoms with Crippen molar-refractivity contribution in [2.24, 2.45) is 0 Å². The number of anilines is 2. The second-order valence-corrected chi connectivity index (χ2v) is 4.81. The van der Waals surface area contributed by atoms with Crippen LogP contribution >= 0.6 is 0 Å². The lowest BCUT2D eigenvalue weighted by molar-refractivity contribution is 0.0649. The summed E-state index contributed by atoms with van der Waals surface area (Å²) in [5.41, 5.74) is 1.23. The molecule has 1 heterocycles. The monoisotopic (exact) mass is 223 g/mol. The van der Waals surface area contributed by atoms with Crippen molar-refractivity contribution in [1.82, 2.24) is 4.98 Å². The van der Waals surface area contributed by atoms with E-state index >= 15 is 0 Å². The zero-order valence-corrected chi connectivity index (χ0v) is 10.7. The summed E-state index contributed by atoms with van der Waals surface area (Å²) >= 11 is 0. The fourth-order valence-corrected chi connectivity index (χ4v) is 1.30. The van der Waals surface area contributed by atoms with Gasteiger partial charge >= 0.3 is 0 Å². The molecule has 0 saturated carbocycles. The first kappa shape index (κ1) is 12.8. The molecule has 90 valence electrons. The van der Waals surface area contributed by atoms with E-state index in [0.29, 0.717) is 0 Å². The number of rotatable bonds is 4. The molecule has 2 N–H and O–H groups in total. The summed E-state index contributed by atoms with van der Waals surface area (Å²) in [4.78, 5) is 6.11. The number of pyridine rings is 1. The molecule has 0 fully saturated rings. The van der Waals surface area contributed by atoms with Crippen LogP contribution < -0.4 is 10.2 Å². The number of aliphatic hydroxyl groups is 1. The first-order valence-corrected chi connectivity index (χ1v) is 5.42. The largest absolute Gasteiger partial charge is 0.388 e. The van der Waals surface area contributed by atoms with E-state index in [1.807, 2.05) is 32.0 Å². The molecule has 1 aromatic heterocycles. The van der Waals surface area contributed by atoms with Crippen molar-refractivity contribution in [2.75, 3.05) is 24.3 Å². The van der Waals surface area contributed by atoms with Crippen LogP contribution in [0, 0.1) is 0 Å². The van der Waals surface area contributed by atoms with E-state index in [4.69, 9.17) is 0 Å². The fourth-order valence-electron chi connectivity index (χ4n) is 1.30. The Labute approximate surface area is 97.3 Å².